The summed E-state index contributed by atoms with van der Waals surface area (Å²) in [5, 5.41) is 0.147. The van der Waals surface area contributed by atoms with E-state index in [0.29, 0.717) is 0 Å². The lowest BCUT2D eigenvalue weighted by atomic mass is 10.0. The van der Waals surface area contributed by atoms with Gasteiger partial charge in [-0.2, -0.15) is 0 Å². The van der Waals surface area contributed by atoms with E-state index >= 15 is 0 Å². The van der Waals surface area contributed by atoms with Gasteiger partial charge >= 0.3 is 0 Å². The maximum absolute atomic E-state index is 13.5. The Labute approximate surface area is 131 Å². The molecular weight excluding hydrogens is 283 g/mol. The van der Waals surface area contributed by atoms with Crippen LogP contribution in [0, 0.1) is 17.7 Å². The van der Waals surface area contributed by atoms with Gasteiger partial charge in [-0.05, 0) is 41.8 Å². The van der Waals surface area contributed by atoms with Crippen LogP contribution in [0.5, 0.6) is 0 Å². The molecule has 0 unspecified atom stereocenters. The van der Waals surface area contributed by atoms with Crippen molar-refractivity contribution in [2.75, 3.05) is 0 Å². The Bertz CT molecular complexity index is 648. The number of hydrogen-bond donors (Lipinski definition) is 0. The Morgan fingerprint density at radius 1 is 1.00 bits per heavy atom. The minimum Gasteiger partial charge on any atom is -0.205 e. The zero-order valence-corrected chi connectivity index (χ0v) is 12.9. The van der Waals surface area contributed by atoms with Crippen molar-refractivity contribution in [1.29, 1.82) is 0 Å². The number of hydrogen-bond acceptors (Lipinski definition) is 0. The first-order chi connectivity index (χ1) is 10.2. The van der Waals surface area contributed by atoms with E-state index in [1.54, 1.807) is 6.07 Å². The van der Waals surface area contributed by atoms with Crippen molar-refractivity contribution in [2.45, 2.75) is 32.6 Å². The van der Waals surface area contributed by atoms with Gasteiger partial charge in [0.15, 0.2) is 0 Å². The zero-order valence-electron chi connectivity index (χ0n) is 12.1. The van der Waals surface area contributed by atoms with E-state index in [9.17, 15) is 4.39 Å². The van der Waals surface area contributed by atoms with E-state index < -0.39 is 5.82 Å². The van der Waals surface area contributed by atoms with E-state index in [-0.39, 0.29) is 5.02 Å². The highest BCUT2D eigenvalue weighted by molar-refractivity contribution is 6.30. The first kappa shape index (κ1) is 15.6. The molecule has 2 rings (SSSR count). The topological polar surface area (TPSA) is 0 Å². The Morgan fingerprint density at radius 3 is 2.38 bits per heavy atom. The molecule has 0 spiro atoms. The fourth-order valence-electron chi connectivity index (χ4n) is 2.05. The van der Waals surface area contributed by atoms with Gasteiger partial charge in [-0.3, -0.25) is 0 Å². The molecule has 0 saturated heterocycles. The van der Waals surface area contributed by atoms with Gasteiger partial charge in [0.05, 0.1) is 5.02 Å². The lowest BCUT2D eigenvalue weighted by Gasteiger charge is -2.03. The maximum atomic E-state index is 13.5. The third-order valence-corrected chi connectivity index (χ3v) is 3.58. The predicted octanol–water partition coefficient (Wildman–Crippen LogP) is 6.08. The third kappa shape index (κ3) is 4.62. The SMILES string of the molecule is CCCCCC#Cc1ccc(-c2ccc(Cl)c(F)c2)cc1. The molecule has 108 valence electrons. The average molecular weight is 301 g/mol. The van der Waals surface area contributed by atoms with Crippen molar-refractivity contribution in [3.8, 4) is 23.0 Å². The monoisotopic (exact) mass is 300 g/mol. The second-order valence-corrected chi connectivity index (χ2v) is 5.37. The van der Waals surface area contributed by atoms with Gasteiger partial charge in [-0.25, -0.2) is 4.39 Å². The minimum absolute atomic E-state index is 0.147. The van der Waals surface area contributed by atoms with E-state index in [1.165, 1.54) is 18.9 Å². The normalized spacial score (nSPS) is 10.0. The summed E-state index contributed by atoms with van der Waals surface area (Å²) in [5.41, 5.74) is 2.77. The summed E-state index contributed by atoms with van der Waals surface area (Å²) in [4.78, 5) is 0. The van der Waals surface area contributed by atoms with Crippen molar-refractivity contribution in [3.63, 3.8) is 0 Å². The first-order valence-corrected chi connectivity index (χ1v) is 7.63. The molecule has 0 heterocycles. The average Bonchev–Trinajstić information content (AvgIpc) is 2.50. The summed E-state index contributed by atoms with van der Waals surface area (Å²) in [6.07, 6.45) is 4.55. The van der Waals surface area contributed by atoms with Gasteiger partial charge in [0.1, 0.15) is 5.82 Å². The van der Waals surface area contributed by atoms with Gasteiger partial charge in [0.25, 0.3) is 0 Å². The molecule has 0 nitrogen and oxygen atoms in total. The Hall–Kier alpha value is -1.78. The zero-order chi connectivity index (χ0) is 15.1. The molecule has 0 saturated carbocycles. The lowest BCUT2D eigenvalue weighted by molar-refractivity contribution is 0.629. The van der Waals surface area contributed by atoms with Gasteiger partial charge in [0, 0.05) is 12.0 Å². The van der Waals surface area contributed by atoms with Crippen LogP contribution in [0.3, 0.4) is 0 Å². The highest BCUT2D eigenvalue weighted by Crippen LogP contribution is 2.24. The molecule has 0 atom stereocenters. The summed E-state index contributed by atoms with van der Waals surface area (Å²) < 4.78 is 13.5. The van der Waals surface area contributed by atoms with Crippen LogP contribution >= 0.6 is 11.6 Å². The van der Waals surface area contributed by atoms with Gasteiger partial charge in [0.2, 0.25) is 0 Å². The maximum Gasteiger partial charge on any atom is 0.142 e. The predicted molar refractivity (Wildman–Crippen MR) is 87.9 cm³/mol. The summed E-state index contributed by atoms with van der Waals surface area (Å²) >= 11 is 5.69. The summed E-state index contributed by atoms with van der Waals surface area (Å²) in [7, 11) is 0. The van der Waals surface area contributed by atoms with Crippen LogP contribution in [0.1, 0.15) is 38.2 Å². The Kier molecular flexibility index (Phi) is 5.84. The molecule has 21 heavy (non-hydrogen) atoms. The largest absolute Gasteiger partial charge is 0.205 e. The fraction of sp³-hybridized carbons (Fsp3) is 0.263. The minimum atomic E-state index is -0.394. The van der Waals surface area contributed by atoms with Crippen LogP contribution in [0.4, 0.5) is 4.39 Å². The lowest BCUT2D eigenvalue weighted by Crippen LogP contribution is -1.82. The molecule has 2 aromatic rings. The number of rotatable bonds is 4. The molecule has 0 radical (unpaired) electrons. The molecule has 0 aromatic heterocycles. The van der Waals surface area contributed by atoms with Crippen LogP contribution in [0.2, 0.25) is 5.02 Å². The smallest absolute Gasteiger partial charge is 0.142 e. The quantitative estimate of drug-likeness (QED) is 0.474. The molecule has 0 N–H and O–H groups in total. The van der Waals surface area contributed by atoms with E-state index in [1.807, 2.05) is 30.3 Å². The van der Waals surface area contributed by atoms with E-state index in [2.05, 4.69) is 18.8 Å². The molecule has 0 amide bonds. The van der Waals surface area contributed by atoms with Gasteiger partial charge in [-0.15, -0.1) is 0 Å². The summed E-state index contributed by atoms with van der Waals surface area (Å²) in [5.74, 6) is 5.95. The van der Waals surface area contributed by atoms with Gasteiger partial charge in [-0.1, -0.05) is 61.4 Å². The molecule has 0 aliphatic carbocycles. The van der Waals surface area contributed by atoms with Crippen molar-refractivity contribution in [2.24, 2.45) is 0 Å². The second kappa shape index (κ2) is 7.86. The molecule has 2 heteroatoms. The molecule has 2 aromatic carbocycles. The highest BCUT2D eigenvalue weighted by Gasteiger charge is 2.03. The van der Waals surface area contributed by atoms with E-state index in [0.717, 1.165) is 29.5 Å². The van der Waals surface area contributed by atoms with Crippen LogP contribution < -0.4 is 0 Å². The Morgan fingerprint density at radius 2 is 1.71 bits per heavy atom. The molecule has 0 bridgehead atoms. The van der Waals surface area contributed by atoms with Crippen molar-refractivity contribution >= 4 is 11.6 Å². The van der Waals surface area contributed by atoms with Crippen molar-refractivity contribution in [3.05, 3.63) is 58.9 Å². The van der Waals surface area contributed by atoms with Gasteiger partial charge < -0.3 is 0 Å². The van der Waals surface area contributed by atoms with Crippen LogP contribution in [0.25, 0.3) is 11.1 Å². The van der Waals surface area contributed by atoms with Crippen molar-refractivity contribution in [1.82, 2.24) is 0 Å². The number of benzene rings is 2. The molecule has 0 fully saturated rings. The molecule has 0 aliphatic heterocycles. The van der Waals surface area contributed by atoms with Crippen LogP contribution in [0.15, 0.2) is 42.5 Å². The molecular formula is C19H18ClF. The fourth-order valence-corrected chi connectivity index (χ4v) is 2.17. The summed E-state index contributed by atoms with van der Waals surface area (Å²) in [6, 6.07) is 12.7. The highest BCUT2D eigenvalue weighted by atomic mass is 35.5. The number of unbranched alkanes of at least 4 members (excludes halogenated alkanes) is 3. The standard InChI is InChI=1S/C19H18ClF/c1-2-3-4-5-6-7-15-8-10-16(11-9-15)17-12-13-18(20)19(21)14-17/h8-14H,2-5H2,1H3. The van der Waals surface area contributed by atoms with Crippen LogP contribution in [-0.2, 0) is 0 Å². The number of halogens is 2. The van der Waals surface area contributed by atoms with Crippen LogP contribution in [-0.4, -0.2) is 0 Å². The Balaban J connectivity index is 2.06. The summed E-state index contributed by atoms with van der Waals surface area (Å²) in [6.45, 7) is 2.19. The van der Waals surface area contributed by atoms with E-state index in [4.69, 9.17) is 11.6 Å². The first-order valence-electron chi connectivity index (χ1n) is 7.25. The van der Waals surface area contributed by atoms with Crippen molar-refractivity contribution < 1.29 is 4.39 Å². The molecule has 0 aliphatic rings. The third-order valence-electron chi connectivity index (χ3n) is 3.28. The second-order valence-electron chi connectivity index (χ2n) is 4.97.